The molecule has 3 nitrogen and oxygen atoms in total. The van der Waals surface area contributed by atoms with Gasteiger partial charge in [-0.05, 0) is 30.5 Å². The minimum Gasteiger partial charge on any atom is -0.507 e. The van der Waals surface area contributed by atoms with Crippen LogP contribution in [0.2, 0.25) is 0 Å². The van der Waals surface area contributed by atoms with E-state index in [0.29, 0.717) is 12.1 Å². The van der Waals surface area contributed by atoms with Gasteiger partial charge < -0.3 is 10.4 Å². The molecule has 0 aliphatic rings. The van der Waals surface area contributed by atoms with Gasteiger partial charge in [-0.25, -0.2) is 0 Å². The number of carbonyl (C=O) groups is 1. The summed E-state index contributed by atoms with van der Waals surface area (Å²) in [5, 5.41) is 12.4. The summed E-state index contributed by atoms with van der Waals surface area (Å²) < 4.78 is 0. The summed E-state index contributed by atoms with van der Waals surface area (Å²) in [7, 11) is 0. The maximum absolute atomic E-state index is 11.7. The molecule has 1 aromatic carbocycles. The zero-order valence-electron chi connectivity index (χ0n) is 9.92. The molecule has 0 unspecified atom stereocenters. The van der Waals surface area contributed by atoms with Crippen molar-refractivity contribution in [3.05, 3.63) is 29.3 Å². The molecule has 0 radical (unpaired) electrons. The van der Waals surface area contributed by atoms with Crippen molar-refractivity contribution in [2.24, 2.45) is 0 Å². The normalized spacial score (nSPS) is 10.1. The van der Waals surface area contributed by atoms with Crippen molar-refractivity contribution in [3.63, 3.8) is 0 Å². The second-order valence-corrected chi connectivity index (χ2v) is 3.81. The maximum Gasteiger partial charge on any atom is 0.255 e. The summed E-state index contributed by atoms with van der Waals surface area (Å²) in [5.41, 5.74) is 1.42. The van der Waals surface area contributed by atoms with E-state index in [0.717, 1.165) is 24.8 Å². The van der Waals surface area contributed by atoms with E-state index < -0.39 is 0 Å². The van der Waals surface area contributed by atoms with Crippen LogP contribution in [-0.2, 0) is 6.42 Å². The van der Waals surface area contributed by atoms with Crippen molar-refractivity contribution < 1.29 is 9.90 Å². The van der Waals surface area contributed by atoms with E-state index in [4.69, 9.17) is 0 Å². The Morgan fingerprint density at radius 1 is 1.38 bits per heavy atom. The lowest BCUT2D eigenvalue weighted by molar-refractivity contribution is 0.0950. The number of aryl methyl sites for hydroxylation is 1. The van der Waals surface area contributed by atoms with Gasteiger partial charge in [0.25, 0.3) is 5.91 Å². The molecule has 16 heavy (non-hydrogen) atoms. The van der Waals surface area contributed by atoms with Gasteiger partial charge in [-0.3, -0.25) is 4.79 Å². The number of hydrogen-bond donors (Lipinski definition) is 2. The second kappa shape index (κ2) is 6.16. The van der Waals surface area contributed by atoms with Crippen LogP contribution in [0.15, 0.2) is 18.2 Å². The van der Waals surface area contributed by atoms with Gasteiger partial charge in [-0.1, -0.05) is 26.3 Å². The number of phenolic OH excluding ortho intramolecular Hbond substituents is 1. The molecule has 1 amide bonds. The van der Waals surface area contributed by atoms with E-state index in [1.54, 1.807) is 12.1 Å². The van der Waals surface area contributed by atoms with Gasteiger partial charge in [0.05, 0.1) is 5.56 Å². The van der Waals surface area contributed by atoms with Gasteiger partial charge in [0.1, 0.15) is 5.75 Å². The number of unbranched alkanes of at least 4 members (excludes halogenated alkanes) is 1. The molecule has 1 rings (SSSR count). The summed E-state index contributed by atoms with van der Waals surface area (Å²) in [5.74, 6) is -0.146. The van der Waals surface area contributed by atoms with Gasteiger partial charge in [0.15, 0.2) is 0 Å². The molecule has 0 aliphatic carbocycles. The highest BCUT2D eigenvalue weighted by Gasteiger charge is 2.10. The fourth-order valence-corrected chi connectivity index (χ4v) is 1.46. The Morgan fingerprint density at radius 2 is 2.12 bits per heavy atom. The fraction of sp³-hybridized carbons (Fsp3) is 0.462. The minimum absolute atomic E-state index is 0.0474. The van der Waals surface area contributed by atoms with Gasteiger partial charge in [0, 0.05) is 6.54 Å². The van der Waals surface area contributed by atoms with Crippen LogP contribution in [0.3, 0.4) is 0 Å². The third-order valence-electron chi connectivity index (χ3n) is 2.53. The van der Waals surface area contributed by atoms with Crippen LogP contribution in [0.25, 0.3) is 0 Å². The zero-order valence-corrected chi connectivity index (χ0v) is 9.92. The van der Waals surface area contributed by atoms with Gasteiger partial charge in [-0.2, -0.15) is 0 Å². The molecule has 0 saturated carbocycles. The lowest BCUT2D eigenvalue weighted by Crippen LogP contribution is -2.24. The van der Waals surface area contributed by atoms with Crippen molar-refractivity contribution in [2.75, 3.05) is 6.54 Å². The standard InChI is InChI=1S/C13H19NO2/c1-3-5-8-14-13(16)11-9-10(4-2)6-7-12(11)15/h6-7,9,15H,3-5,8H2,1-2H3,(H,14,16). The van der Waals surface area contributed by atoms with Crippen molar-refractivity contribution in [1.82, 2.24) is 5.32 Å². The maximum atomic E-state index is 11.7. The van der Waals surface area contributed by atoms with Crippen molar-refractivity contribution in [3.8, 4) is 5.75 Å². The van der Waals surface area contributed by atoms with Crippen LogP contribution in [0.1, 0.15) is 42.6 Å². The summed E-state index contributed by atoms with van der Waals surface area (Å²) >= 11 is 0. The third kappa shape index (κ3) is 3.26. The highest BCUT2D eigenvalue weighted by molar-refractivity contribution is 5.96. The van der Waals surface area contributed by atoms with E-state index in [1.807, 2.05) is 13.0 Å². The predicted molar refractivity (Wildman–Crippen MR) is 64.7 cm³/mol. The number of amides is 1. The largest absolute Gasteiger partial charge is 0.507 e. The van der Waals surface area contributed by atoms with Gasteiger partial charge >= 0.3 is 0 Å². The number of hydrogen-bond acceptors (Lipinski definition) is 2. The van der Waals surface area contributed by atoms with Crippen LogP contribution in [-0.4, -0.2) is 17.6 Å². The Hall–Kier alpha value is -1.51. The number of nitrogens with one attached hydrogen (secondary N) is 1. The van der Waals surface area contributed by atoms with Crippen molar-refractivity contribution in [2.45, 2.75) is 33.1 Å². The molecule has 2 N–H and O–H groups in total. The Bertz CT molecular complexity index is 361. The van der Waals surface area contributed by atoms with Crippen LogP contribution < -0.4 is 5.32 Å². The van der Waals surface area contributed by atoms with Crippen molar-refractivity contribution >= 4 is 5.91 Å². The first-order valence-corrected chi connectivity index (χ1v) is 5.79. The van der Waals surface area contributed by atoms with E-state index in [9.17, 15) is 9.90 Å². The molecular weight excluding hydrogens is 202 g/mol. The molecule has 0 saturated heterocycles. The first-order valence-electron chi connectivity index (χ1n) is 5.79. The molecule has 0 atom stereocenters. The monoisotopic (exact) mass is 221 g/mol. The van der Waals surface area contributed by atoms with Crippen LogP contribution >= 0.6 is 0 Å². The van der Waals surface area contributed by atoms with E-state index >= 15 is 0 Å². The summed E-state index contributed by atoms with van der Waals surface area (Å²) in [4.78, 5) is 11.7. The molecule has 0 spiro atoms. The van der Waals surface area contributed by atoms with Crippen LogP contribution in [0.5, 0.6) is 5.75 Å². The topological polar surface area (TPSA) is 49.3 Å². The lowest BCUT2D eigenvalue weighted by atomic mass is 10.1. The Balaban J connectivity index is 2.73. The fourth-order valence-electron chi connectivity index (χ4n) is 1.46. The SMILES string of the molecule is CCCCNC(=O)c1cc(CC)ccc1O. The number of benzene rings is 1. The van der Waals surface area contributed by atoms with Crippen LogP contribution in [0, 0.1) is 0 Å². The highest BCUT2D eigenvalue weighted by atomic mass is 16.3. The average molecular weight is 221 g/mol. The first-order chi connectivity index (χ1) is 7.69. The number of rotatable bonds is 5. The van der Waals surface area contributed by atoms with E-state index in [2.05, 4.69) is 12.2 Å². The van der Waals surface area contributed by atoms with E-state index in [-0.39, 0.29) is 11.7 Å². The molecule has 1 aromatic rings. The smallest absolute Gasteiger partial charge is 0.255 e. The van der Waals surface area contributed by atoms with Gasteiger partial charge in [-0.15, -0.1) is 0 Å². The molecule has 0 aromatic heterocycles. The zero-order chi connectivity index (χ0) is 12.0. The Morgan fingerprint density at radius 3 is 2.75 bits per heavy atom. The molecule has 0 aliphatic heterocycles. The molecule has 0 fully saturated rings. The van der Waals surface area contributed by atoms with Gasteiger partial charge in [0.2, 0.25) is 0 Å². The summed E-state index contributed by atoms with van der Waals surface area (Å²) in [6, 6.07) is 5.16. The minimum atomic E-state index is -0.193. The molecule has 88 valence electrons. The van der Waals surface area contributed by atoms with E-state index in [1.165, 1.54) is 0 Å². The number of aromatic hydroxyl groups is 1. The summed E-state index contributed by atoms with van der Waals surface area (Å²) in [6.45, 7) is 4.75. The summed E-state index contributed by atoms with van der Waals surface area (Å²) in [6.07, 6.45) is 2.86. The quantitative estimate of drug-likeness (QED) is 0.750. The average Bonchev–Trinajstić information content (AvgIpc) is 2.30. The Labute approximate surface area is 96.5 Å². The molecule has 3 heteroatoms. The number of carbonyl (C=O) groups excluding carboxylic acids is 1. The predicted octanol–water partition coefficient (Wildman–Crippen LogP) is 2.48. The molecule has 0 heterocycles. The molecular formula is C13H19NO2. The highest BCUT2D eigenvalue weighted by Crippen LogP contribution is 2.18. The van der Waals surface area contributed by atoms with Crippen molar-refractivity contribution in [1.29, 1.82) is 0 Å². The third-order valence-corrected chi connectivity index (χ3v) is 2.53. The number of phenols is 1. The Kier molecular flexibility index (Phi) is 4.83. The lowest BCUT2D eigenvalue weighted by Gasteiger charge is -2.07. The van der Waals surface area contributed by atoms with Crippen LogP contribution in [0.4, 0.5) is 0 Å². The second-order valence-electron chi connectivity index (χ2n) is 3.81. The first kappa shape index (κ1) is 12.6. The molecule has 0 bridgehead atoms.